The SMILES string of the molecule is C=CC(=O)OCCCCCCCO/C=C/C=C(\C=C/C)C(=O)OC1CCCCC1. The summed E-state index contributed by atoms with van der Waals surface area (Å²) in [7, 11) is 0. The molecule has 0 spiro atoms. The van der Waals surface area contributed by atoms with Crippen molar-refractivity contribution in [3.63, 3.8) is 0 Å². The maximum atomic E-state index is 12.3. The molecule has 162 valence electrons. The molecule has 1 fully saturated rings. The predicted octanol–water partition coefficient (Wildman–Crippen LogP) is 5.57. The summed E-state index contributed by atoms with van der Waals surface area (Å²) in [5.41, 5.74) is 0.537. The summed E-state index contributed by atoms with van der Waals surface area (Å²) in [6.07, 6.45) is 20.4. The van der Waals surface area contributed by atoms with Crippen molar-refractivity contribution in [1.82, 2.24) is 0 Å². The van der Waals surface area contributed by atoms with Crippen LogP contribution in [-0.2, 0) is 23.8 Å². The smallest absolute Gasteiger partial charge is 0.338 e. The fourth-order valence-electron chi connectivity index (χ4n) is 3.09. The van der Waals surface area contributed by atoms with Crippen LogP contribution < -0.4 is 0 Å². The molecule has 0 aliphatic heterocycles. The molecule has 1 saturated carbocycles. The van der Waals surface area contributed by atoms with Crippen LogP contribution >= 0.6 is 0 Å². The second-order valence-corrected chi connectivity index (χ2v) is 7.13. The lowest BCUT2D eigenvalue weighted by molar-refractivity contribution is -0.145. The third-order valence-corrected chi connectivity index (χ3v) is 4.68. The van der Waals surface area contributed by atoms with E-state index in [1.807, 2.05) is 13.0 Å². The Balaban J connectivity index is 2.15. The van der Waals surface area contributed by atoms with Gasteiger partial charge in [0.15, 0.2) is 0 Å². The van der Waals surface area contributed by atoms with E-state index in [2.05, 4.69) is 6.58 Å². The van der Waals surface area contributed by atoms with Crippen LogP contribution in [0.15, 0.2) is 48.8 Å². The zero-order chi connectivity index (χ0) is 21.2. The van der Waals surface area contributed by atoms with Gasteiger partial charge in [0.2, 0.25) is 0 Å². The molecule has 5 nitrogen and oxygen atoms in total. The van der Waals surface area contributed by atoms with Gasteiger partial charge in [-0.1, -0.05) is 44.4 Å². The van der Waals surface area contributed by atoms with Gasteiger partial charge in [0.25, 0.3) is 0 Å². The molecule has 0 atom stereocenters. The molecule has 29 heavy (non-hydrogen) atoms. The van der Waals surface area contributed by atoms with E-state index in [-0.39, 0.29) is 18.0 Å². The number of ether oxygens (including phenoxy) is 3. The summed E-state index contributed by atoms with van der Waals surface area (Å²) >= 11 is 0. The number of carbonyl (C=O) groups excluding carboxylic acids is 2. The number of hydrogen-bond acceptors (Lipinski definition) is 5. The van der Waals surface area contributed by atoms with E-state index in [1.165, 1.54) is 12.5 Å². The lowest BCUT2D eigenvalue weighted by Crippen LogP contribution is -2.21. The van der Waals surface area contributed by atoms with Gasteiger partial charge in [-0.25, -0.2) is 9.59 Å². The van der Waals surface area contributed by atoms with Crippen molar-refractivity contribution in [1.29, 1.82) is 0 Å². The molecule has 0 aromatic carbocycles. The van der Waals surface area contributed by atoms with E-state index >= 15 is 0 Å². The number of rotatable bonds is 14. The third-order valence-electron chi connectivity index (χ3n) is 4.68. The Kier molecular flexibility index (Phi) is 14.2. The van der Waals surface area contributed by atoms with Crippen molar-refractivity contribution in [3.8, 4) is 0 Å². The van der Waals surface area contributed by atoms with E-state index in [9.17, 15) is 9.59 Å². The minimum absolute atomic E-state index is 0.0548. The van der Waals surface area contributed by atoms with Gasteiger partial charge in [0.1, 0.15) is 6.10 Å². The highest BCUT2D eigenvalue weighted by Gasteiger charge is 2.18. The number of carbonyl (C=O) groups is 2. The van der Waals surface area contributed by atoms with E-state index < -0.39 is 0 Å². The van der Waals surface area contributed by atoms with Gasteiger partial charge in [-0.05, 0) is 57.6 Å². The first-order valence-electron chi connectivity index (χ1n) is 10.8. The number of hydrogen-bond donors (Lipinski definition) is 0. The molecule has 0 aromatic heterocycles. The highest BCUT2D eigenvalue weighted by atomic mass is 16.5. The van der Waals surface area contributed by atoms with Crippen molar-refractivity contribution in [2.24, 2.45) is 0 Å². The lowest BCUT2D eigenvalue weighted by atomic mass is 9.98. The number of esters is 2. The molecule has 5 heteroatoms. The van der Waals surface area contributed by atoms with E-state index in [4.69, 9.17) is 14.2 Å². The molecular weight excluding hydrogens is 368 g/mol. The molecule has 0 radical (unpaired) electrons. The zero-order valence-electron chi connectivity index (χ0n) is 17.8. The Morgan fingerprint density at radius 2 is 1.69 bits per heavy atom. The molecule has 1 aliphatic rings. The van der Waals surface area contributed by atoms with Crippen molar-refractivity contribution >= 4 is 11.9 Å². The standard InChI is InChI=1S/C24H36O5/c1-3-14-21(24(26)29-22-16-9-8-10-17-22)15-13-19-27-18-11-6-5-7-12-20-28-23(25)4-2/h3-4,13-15,19,22H,2,5-12,16-18,20H2,1H3/b14-3-,19-13+,21-15+. The molecular formula is C24H36O5. The van der Waals surface area contributed by atoms with E-state index in [0.29, 0.717) is 18.8 Å². The topological polar surface area (TPSA) is 61.8 Å². The van der Waals surface area contributed by atoms with Crippen molar-refractivity contribution < 1.29 is 23.8 Å². The summed E-state index contributed by atoms with van der Waals surface area (Å²) in [6.45, 7) is 6.33. The van der Waals surface area contributed by atoms with Gasteiger partial charge in [-0.3, -0.25) is 0 Å². The van der Waals surface area contributed by atoms with Gasteiger partial charge < -0.3 is 14.2 Å². The summed E-state index contributed by atoms with van der Waals surface area (Å²) < 4.78 is 16.0. The molecule has 0 heterocycles. The first-order valence-corrected chi connectivity index (χ1v) is 10.8. The molecule has 1 aliphatic carbocycles. The first-order chi connectivity index (χ1) is 14.2. The maximum Gasteiger partial charge on any atom is 0.338 e. The Labute approximate surface area is 175 Å². The number of unbranched alkanes of at least 4 members (excludes halogenated alkanes) is 4. The Morgan fingerprint density at radius 1 is 1.00 bits per heavy atom. The van der Waals surface area contributed by atoms with Crippen LogP contribution in [0.25, 0.3) is 0 Å². The third kappa shape index (κ3) is 12.7. The van der Waals surface area contributed by atoms with Crippen LogP contribution in [0.3, 0.4) is 0 Å². The molecule has 0 amide bonds. The predicted molar refractivity (Wildman–Crippen MR) is 115 cm³/mol. The highest BCUT2D eigenvalue weighted by Crippen LogP contribution is 2.21. The van der Waals surface area contributed by atoms with Crippen LogP contribution in [-0.4, -0.2) is 31.3 Å². The monoisotopic (exact) mass is 404 g/mol. The maximum absolute atomic E-state index is 12.3. The van der Waals surface area contributed by atoms with Crippen LogP contribution in [0, 0.1) is 0 Å². The average molecular weight is 405 g/mol. The van der Waals surface area contributed by atoms with Gasteiger partial charge >= 0.3 is 11.9 Å². The minimum atomic E-state index is -0.362. The van der Waals surface area contributed by atoms with Crippen LogP contribution in [0.2, 0.25) is 0 Å². The molecule has 0 aromatic rings. The fourth-order valence-corrected chi connectivity index (χ4v) is 3.09. The number of allylic oxidation sites excluding steroid dienone is 3. The van der Waals surface area contributed by atoms with Gasteiger partial charge in [0, 0.05) is 6.08 Å². The van der Waals surface area contributed by atoms with Crippen LogP contribution in [0.5, 0.6) is 0 Å². The Bertz CT molecular complexity index is 568. The van der Waals surface area contributed by atoms with Crippen LogP contribution in [0.4, 0.5) is 0 Å². The Hall–Kier alpha value is -2.30. The second-order valence-electron chi connectivity index (χ2n) is 7.13. The summed E-state index contributed by atoms with van der Waals surface area (Å²) in [4.78, 5) is 23.2. The molecule has 0 bridgehead atoms. The van der Waals surface area contributed by atoms with E-state index in [1.54, 1.807) is 24.5 Å². The minimum Gasteiger partial charge on any atom is -0.501 e. The second kappa shape index (κ2) is 16.6. The van der Waals surface area contributed by atoms with Gasteiger partial charge in [0.05, 0.1) is 25.0 Å². The first kappa shape index (κ1) is 24.7. The lowest BCUT2D eigenvalue weighted by Gasteiger charge is -2.21. The Morgan fingerprint density at radius 3 is 2.38 bits per heavy atom. The average Bonchev–Trinajstić information content (AvgIpc) is 2.74. The van der Waals surface area contributed by atoms with Crippen molar-refractivity contribution in [2.75, 3.05) is 13.2 Å². The highest BCUT2D eigenvalue weighted by molar-refractivity contribution is 5.92. The molecule has 0 saturated heterocycles. The van der Waals surface area contributed by atoms with Crippen molar-refractivity contribution in [3.05, 3.63) is 48.8 Å². The molecule has 0 unspecified atom stereocenters. The molecule has 1 rings (SSSR count). The van der Waals surface area contributed by atoms with Crippen LogP contribution in [0.1, 0.15) is 71.1 Å². The summed E-state index contributed by atoms with van der Waals surface area (Å²) in [5, 5.41) is 0. The largest absolute Gasteiger partial charge is 0.501 e. The zero-order valence-corrected chi connectivity index (χ0v) is 17.8. The van der Waals surface area contributed by atoms with Crippen molar-refractivity contribution in [2.45, 2.75) is 77.2 Å². The molecule has 0 N–H and O–H groups in total. The van der Waals surface area contributed by atoms with E-state index in [0.717, 1.165) is 57.8 Å². The summed E-state index contributed by atoms with van der Waals surface area (Å²) in [6, 6.07) is 0. The quantitative estimate of drug-likeness (QED) is 0.124. The normalized spacial score (nSPS) is 15.6. The van der Waals surface area contributed by atoms with Gasteiger partial charge in [-0.15, -0.1) is 0 Å². The van der Waals surface area contributed by atoms with Gasteiger partial charge in [-0.2, -0.15) is 0 Å². The fraction of sp³-hybridized carbons (Fsp3) is 0.583. The summed E-state index contributed by atoms with van der Waals surface area (Å²) in [5.74, 6) is -0.627.